The van der Waals surface area contributed by atoms with Gasteiger partial charge in [-0.05, 0) is 35.7 Å². The molecule has 0 aliphatic rings. The number of nitrogens with two attached hydrogens (primary N) is 1. The number of aliphatic hydroxyl groups is 1. The van der Waals surface area contributed by atoms with E-state index >= 15 is 0 Å². The fraction of sp³-hybridized carbons (Fsp3) is 0.188. The lowest BCUT2D eigenvalue weighted by Gasteiger charge is -2.13. The van der Waals surface area contributed by atoms with Gasteiger partial charge in [-0.2, -0.15) is 0 Å². The number of nitrogen functional groups attached to an aromatic ring is 1. The standard InChI is InChI=1S/C16H17NO2/c1-2-11-10-13(17)8-9-14(11)16(19)15(18)12-6-4-3-5-7-12/h3-10,15,18H,2,17H2,1H3. The first-order valence-corrected chi connectivity index (χ1v) is 6.29. The number of carbonyl (C=O) groups is 1. The predicted molar refractivity (Wildman–Crippen MR) is 76.0 cm³/mol. The second kappa shape index (κ2) is 5.67. The molecule has 1 atom stereocenters. The summed E-state index contributed by atoms with van der Waals surface area (Å²) in [6, 6.07) is 14.1. The van der Waals surface area contributed by atoms with Gasteiger partial charge < -0.3 is 10.8 Å². The van der Waals surface area contributed by atoms with Gasteiger partial charge in [0.05, 0.1) is 0 Å². The van der Waals surface area contributed by atoms with E-state index in [0.29, 0.717) is 23.2 Å². The summed E-state index contributed by atoms with van der Waals surface area (Å²) < 4.78 is 0. The van der Waals surface area contributed by atoms with Crippen LogP contribution in [0.4, 0.5) is 5.69 Å². The normalized spacial score (nSPS) is 12.1. The minimum Gasteiger partial charge on any atom is -0.399 e. The van der Waals surface area contributed by atoms with Crippen molar-refractivity contribution in [1.29, 1.82) is 0 Å². The number of hydrogen-bond donors (Lipinski definition) is 2. The molecule has 0 aromatic heterocycles. The van der Waals surface area contributed by atoms with E-state index in [9.17, 15) is 9.90 Å². The molecule has 0 amide bonds. The SMILES string of the molecule is CCc1cc(N)ccc1C(=O)C(O)c1ccccc1. The first-order valence-electron chi connectivity index (χ1n) is 6.29. The van der Waals surface area contributed by atoms with Crippen molar-refractivity contribution in [2.45, 2.75) is 19.4 Å². The molecule has 0 saturated carbocycles. The first kappa shape index (κ1) is 13.3. The first-order chi connectivity index (χ1) is 9.13. The second-order valence-corrected chi connectivity index (χ2v) is 4.45. The number of carbonyl (C=O) groups excluding carboxylic acids is 1. The molecule has 2 rings (SSSR count). The molecular weight excluding hydrogens is 238 g/mol. The molecule has 19 heavy (non-hydrogen) atoms. The van der Waals surface area contributed by atoms with Gasteiger partial charge in [0.1, 0.15) is 6.10 Å². The Hall–Kier alpha value is -2.13. The smallest absolute Gasteiger partial charge is 0.196 e. The van der Waals surface area contributed by atoms with E-state index in [2.05, 4.69) is 0 Å². The molecule has 0 aliphatic heterocycles. The van der Waals surface area contributed by atoms with Crippen molar-refractivity contribution in [3.63, 3.8) is 0 Å². The summed E-state index contributed by atoms with van der Waals surface area (Å²) in [5.41, 5.74) is 8.34. The van der Waals surface area contributed by atoms with Crippen LogP contribution in [-0.2, 0) is 6.42 Å². The van der Waals surface area contributed by atoms with E-state index in [1.54, 1.807) is 42.5 Å². The van der Waals surface area contributed by atoms with Crippen molar-refractivity contribution in [1.82, 2.24) is 0 Å². The molecule has 0 aliphatic carbocycles. The molecule has 0 bridgehead atoms. The van der Waals surface area contributed by atoms with Crippen LogP contribution >= 0.6 is 0 Å². The molecule has 98 valence electrons. The fourth-order valence-electron chi connectivity index (χ4n) is 2.08. The Labute approximate surface area is 112 Å². The van der Waals surface area contributed by atoms with Gasteiger partial charge in [-0.1, -0.05) is 37.3 Å². The van der Waals surface area contributed by atoms with E-state index in [1.165, 1.54) is 0 Å². The van der Waals surface area contributed by atoms with Crippen molar-refractivity contribution >= 4 is 11.5 Å². The maximum Gasteiger partial charge on any atom is 0.196 e. The average molecular weight is 255 g/mol. The van der Waals surface area contributed by atoms with Crippen LogP contribution in [0.15, 0.2) is 48.5 Å². The zero-order valence-electron chi connectivity index (χ0n) is 10.8. The van der Waals surface area contributed by atoms with E-state index in [-0.39, 0.29) is 5.78 Å². The minimum absolute atomic E-state index is 0.289. The van der Waals surface area contributed by atoms with Crippen LogP contribution in [0.1, 0.15) is 34.5 Å². The molecule has 1 unspecified atom stereocenters. The number of Topliss-reactive ketones (excluding diaryl/α,β-unsaturated/α-hetero) is 1. The van der Waals surface area contributed by atoms with Crippen molar-refractivity contribution in [2.75, 3.05) is 5.73 Å². The molecule has 0 heterocycles. The monoisotopic (exact) mass is 255 g/mol. The van der Waals surface area contributed by atoms with Crippen molar-refractivity contribution in [3.8, 4) is 0 Å². The van der Waals surface area contributed by atoms with Crippen LogP contribution in [-0.4, -0.2) is 10.9 Å². The lowest BCUT2D eigenvalue weighted by molar-refractivity contribution is 0.0746. The van der Waals surface area contributed by atoms with Crippen molar-refractivity contribution in [2.24, 2.45) is 0 Å². The number of aliphatic hydroxyl groups excluding tert-OH is 1. The van der Waals surface area contributed by atoms with Gasteiger partial charge in [-0.25, -0.2) is 0 Å². The minimum atomic E-state index is -1.13. The molecule has 3 heteroatoms. The fourth-order valence-corrected chi connectivity index (χ4v) is 2.08. The van der Waals surface area contributed by atoms with Crippen molar-refractivity contribution < 1.29 is 9.90 Å². The third-order valence-electron chi connectivity index (χ3n) is 3.14. The number of rotatable bonds is 4. The third kappa shape index (κ3) is 2.83. The second-order valence-electron chi connectivity index (χ2n) is 4.45. The number of anilines is 1. The van der Waals surface area contributed by atoms with Crippen LogP contribution in [0.5, 0.6) is 0 Å². The molecule has 3 nitrogen and oxygen atoms in total. The molecular formula is C16H17NO2. The number of hydrogen-bond acceptors (Lipinski definition) is 3. The highest BCUT2D eigenvalue weighted by molar-refractivity contribution is 6.01. The summed E-state index contributed by atoms with van der Waals surface area (Å²) in [5, 5.41) is 10.2. The van der Waals surface area contributed by atoms with Crippen LogP contribution in [0, 0.1) is 0 Å². The maximum atomic E-state index is 12.3. The summed E-state index contributed by atoms with van der Waals surface area (Å²) in [5.74, 6) is -0.289. The van der Waals surface area contributed by atoms with Gasteiger partial charge in [0, 0.05) is 11.3 Å². The van der Waals surface area contributed by atoms with E-state index in [4.69, 9.17) is 5.73 Å². The lowest BCUT2D eigenvalue weighted by Crippen LogP contribution is -2.14. The summed E-state index contributed by atoms with van der Waals surface area (Å²) >= 11 is 0. The highest BCUT2D eigenvalue weighted by Gasteiger charge is 2.21. The zero-order valence-corrected chi connectivity index (χ0v) is 10.8. The van der Waals surface area contributed by atoms with Gasteiger partial charge in [-0.3, -0.25) is 4.79 Å². The Morgan fingerprint density at radius 1 is 1.21 bits per heavy atom. The molecule has 0 fully saturated rings. The Kier molecular flexibility index (Phi) is 3.97. The van der Waals surface area contributed by atoms with Crippen LogP contribution in [0.3, 0.4) is 0 Å². The Bertz CT molecular complexity index is 579. The Balaban J connectivity index is 2.34. The zero-order chi connectivity index (χ0) is 13.8. The molecule has 0 saturated heterocycles. The van der Waals surface area contributed by atoms with Crippen molar-refractivity contribution in [3.05, 3.63) is 65.2 Å². The lowest BCUT2D eigenvalue weighted by atomic mass is 9.95. The maximum absolute atomic E-state index is 12.3. The van der Waals surface area contributed by atoms with Crippen LogP contribution in [0.25, 0.3) is 0 Å². The predicted octanol–water partition coefficient (Wildman–Crippen LogP) is 2.75. The summed E-state index contributed by atoms with van der Waals surface area (Å²) in [7, 11) is 0. The Morgan fingerprint density at radius 3 is 2.53 bits per heavy atom. The third-order valence-corrected chi connectivity index (χ3v) is 3.14. The van der Waals surface area contributed by atoms with Crippen LogP contribution in [0.2, 0.25) is 0 Å². The molecule has 0 spiro atoms. The van der Waals surface area contributed by atoms with Crippen LogP contribution < -0.4 is 5.73 Å². The highest BCUT2D eigenvalue weighted by atomic mass is 16.3. The quantitative estimate of drug-likeness (QED) is 0.652. The molecule has 0 radical (unpaired) electrons. The van der Waals surface area contributed by atoms with Gasteiger partial charge in [0.15, 0.2) is 5.78 Å². The summed E-state index contributed by atoms with van der Waals surface area (Å²) in [4.78, 5) is 12.3. The van der Waals surface area contributed by atoms with E-state index in [1.807, 2.05) is 13.0 Å². The van der Waals surface area contributed by atoms with Gasteiger partial charge in [0.25, 0.3) is 0 Å². The largest absolute Gasteiger partial charge is 0.399 e. The highest BCUT2D eigenvalue weighted by Crippen LogP contribution is 2.22. The topological polar surface area (TPSA) is 63.3 Å². The Morgan fingerprint density at radius 2 is 1.89 bits per heavy atom. The molecule has 2 aromatic carbocycles. The summed E-state index contributed by atoms with van der Waals surface area (Å²) in [6.45, 7) is 1.96. The van der Waals surface area contributed by atoms with E-state index in [0.717, 1.165) is 5.56 Å². The average Bonchev–Trinajstić information content (AvgIpc) is 2.46. The number of aryl methyl sites for hydroxylation is 1. The van der Waals surface area contributed by atoms with Gasteiger partial charge in [0.2, 0.25) is 0 Å². The number of ketones is 1. The summed E-state index contributed by atoms with van der Waals surface area (Å²) in [6.07, 6.45) is -0.428. The number of benzene rings is 2. The van der Waals surface area contributed by atoms with Gasteiger partial charge >= 0.3 is 0 Å². The van der Waals surface area contributed by atoms with Gasteiger partial charge in [-0.15, -0.1) is 0 Å². The molecule has 3 N–H and O–H groups in total. The van der Waals surface area contributed by atoms with E-state index < -0.39 is 6.10 Å². The molecule has 2 aromatic rings.